The number of rotatable bonds is 9. The van der Waals surface area contributed by atoms with Gasteiger partial charge in [0.25, 0.3) is 0 Å². The first-order chi connectivity index (χ1) is 24.3. The van der Waals surface area contributed by atoms with E-state index in [1.807, 2.05) is 36.4 Å². The van der Waals surface area contributed by atoms with E-state index in [1.54, 1.807) is 32.7 Å². The largest absolute Gasteiger partial charge is 0.347 e. The number of H-pyrrole nitrogens is 1. The third kappa shape index (κ3) is 7.57. The Morgan fingerprint density at radius 3 is 2.33 bits per heavy atom. The van der Waals surface area contributed by atoms with Gasteiger partial charge in [0.05, 0.1) is 35.5 Å². The summed E-state index contributed by atoms with van der Waals surface area (Å²) in [6.45, 7) is 2.87. The summed E-state index contributed by atoms with van der Waals surface area (Å²) in [5.74, 6) is -0.130. The van der Waals surface area contributed by atoms with Gasteiger partial charge < -0.3 is 29.6 Å². The lowest BCUT2D eigenvalue weighted by molar-refractivity contribution is -0.187. The zero-order valence-corrected chi connectivity index (χ0v) is 31.1. The molecular formula is C36H48N6O7S2. The van der Waals surface area contributed by atoms with Crippen molar-refractivity contribution in [1.82, 2.24) is 28.6 Å². The Morgan fingerprint density at radius 2 is 1.63 bits per heavy atom. The van der Waals surface area contributed by atoms with E-state index in [0.717, 1.165) is 22.0 Å². The first-order valence-electron chi connectivity index (χ1n) is 17.6. The van der Waals surface area contributed by atoms with E-state index in [-0.39, 0.29) is 35.8 Å². The molecule has 276 valence electrons. The van der Waals surface area contributed by atoms with Crippen LogP contribution in [0, 0.1) is 0 Å². The lowest BCUT2D eigenvalue weighted by atomic mass is 9.99. The number of fused-ring (bicyclic) bond motifs is 2. The topological polar surface area (TPSA) is 148 Å². The Bertz CT molecular complexity index is 2080. The van der Waals surface area contributed by atoms with E-state index in [4.69, 9.17) is 9.47 Å². The molecule has 3 aliphatic rings. The highest BCUT2D eigenvalue weighted by atomic mass is 32.3. The molecule has 0 saturated carbocycles. The molecule has 1 atom stereocenters. The molecule has 2 aromatic heterocycles. The van der Waals surface area contributed by atoms with E-state index < -0.39 is 31.9 Å². The van der Waals surface area contributed by atoms with Crippen molar-refractivity contribution in [2.24, 2.45) is 0 Å². The van der Waals surface area contributed by atoms with Crippen LogP contribution in [0.25, 0.3) is 21.9 Å². The van der Waals surface area contributed by atoms with Gasteiger partial charge in [0.1, 0.15) is 6.04 Å². The van der Waals surface area contributed by atoms with Crippen molar-refractivity contribution in [3.05, 3.63) is 70.8 Å². The normalized spacial score (nSPS) is 19.6. The van der Waals surface area contributed by atoms with Gasteiger partial charge in [-0.3, -0.25) is 9.36 Å². The zero-order valence-electron chi connectivity index (χ0n) is 29.5. The number of nitrogens with zero attached hydrogens (tertiary/aromatic N) is 4. The number of aromatic nitrogens is 3. The number of nitrogens with one attached hydrogen (secondary N) is 2. The molecule has 3 aliphatic heterocycles. The number of para-hydroxylation sites is 2. The molecule has 3 amide bonds. The van der Waals surface area contributed by atoms with E-state index in [1.165, 1.54) is 3.97 Å². The molecule has 7 rings (SSSR count). The Kier molecular flexibility index (Phi) is 9.76. The van der Waals surface area contributed by atoms with Crippen LogP contribution in [0.4, 0.5) is 4.79 Å². The van der Waals surface area contributed by atoms with Crippen LogP contribution in [0.15, 0.2) is 59.5 Å². The molecule has 5 heterocycles. The van der Waals surface area contributed by atoms with Gasteiger partial charge in [-0.1, -0.05) is 18.2 Å². The number of benzene rings is 2. The molecule has 4 aromatic rings. The lowest BCUT2D eigenvalue weighted by Crippen LogP contribution is -2.57. The van der Waals surface area contributed by atoms with Crippen molar-refractivity contribution < 1.29 is 27.5 Å². The summed E-state index contributed by atoms with van der Waals surface area (Å²) in [4.78, 5) is 47.1. The van der Waals surface area contributed by atoms with E-state index in [2.05, 4.69) is 29.1 Å². The molecule has 3 fully saturated rings. The summed E-state index contributed by atoms with van der Waals surface area (Å²) in [5, 5.41) is 3.80. The van der Waals surface area contributed by atoms with Gasteiger partial charge in [0.2, 0.25) is 15.9 Å². The number of carbonyl (C=O) groups excluding carboxylic acids is 2. The van der Waals surface area contributed by atoms with Crippen LogP contribution < -0.4 is 11.0 Å². The fourth-order valence-electron chi connectivity index (χ4n) is 7.50. The van der Waals surface area contributed by atoms with Gasteiger partial charge in [-0.05, 0) is 73.3 Å². The van der Waals surface area contributed by atoms with Gasteiger partial charge >= 0.3 is 11.7 Å². The number of urea groups is 1. The third-order valence-electron chi connectivity index (χ3n) is 10.4. The van der Waals surface area contributed by atoms with Crippen LogP contribution in [-0.2, 0) is 30.7 Å². The number of hydrogen-bond donors (Lipinski definition) is 2. The molecule has 13 nitrogen and oxygen atoms in total. The van der Waals surface area contributed by atoms with Gasteiger partial charge in [0, 0.05) is 63.1 Å². The van der Waals surface area contributed by atoms with Gasteiger partial charge in [-0.15, -0.1) is 0 Å². The predicted octanol–water partition coefficient (Wildman–Crippen LogP) is 3.48. The minimum absolute atomic E-state index is 0.0478. The van der Waals surface area contributed by atoms with Gasteiger partial charge in [-0.2, -0.15) is 0 Å². The summed E-state index contributed by atoms with van der Waals surface area (Å²) < 4.78 is 41.4. The predicted molar refractivity (Wildman–Crippen MR) is 200 cm³/mol. The van der Waals surface area contributed by atoms with Crippen molar-refractivity contribution in [1.29, 1.82) is 0 Å². The summed E-state index contributed by atoms with van der Waals surface area (Å²) in [7, 11) is -4.52. The maximum absolute atomic E-state index is 14.1. The second-order valence-corrected chi connectivity index (χ2v) is 21.3. The second kappa shape index (κ2) is 14.0. The average molecular weight is 741 g/mol. The van der Waals surface area contributed by atoms with Crippen LogP contribution in [0.2, 0.25) is 0 Å². The molecule has 2 N–H and O–H groups in total. The molecule has 0 bridgehead atoms. The summed E-state index contributed by atoms with van der Waals surface area (Å²) in [6, 6.07) is 13.7. The maximum atomic E-state index is 14.1. The van der Waals surface area contributed by atoms with Gasteiger partial charge in [-0.25, -0.2) is 32.0 Å². The number of hydrogen-bond acceptors (Lipinski definition) is 7. The Hall–Kier alpha value is -3.79. The average Bonchev–Trinajstić information content (AvgIpc) is 3.84. The third-order valence-corrected chi connectivity index (χ3v) is 13.7. The van der Waals surface area contributed by atoms with Crippen molar-refractivity contribution in [2.45, 2.75) is 50.0 Å². The first-order valence-corrected chi connectivity index (χ1v) is 22.3. The maximum Gasteiger partial charge on any atom is 0.326 e. The molecule has 0 aliphatic carbocycles. The molecule has 1 spiro atoms. The van der Waals surface area contributed by atoms with Gasteiger partial charge in [0.15, 0.2) is 5.79 Å². The van der Waals surface area contributed by atoms with Crippen molar-refractivity contribution in [2.75, 3.05) is 69.7 Å². The SMILES string of the molecule is CS(C)(C)CCS(=O)(=O)n1ccc2cc(CC(NC(=O)N3CCC(n4c(=O)[nH]c5ccccc54)CC3)C(=O)N3CCC4(CC3)OCCO4)ccc21. The van der Waals surface area contributed by atoms with E-state index >= 15 is 0 Å². The minimum Gasteiger partial charge on any atom is -0.347 e. The number of amides is 3. The highest BCUT2D eigenvalue weighted by molar-refractivity contribution is 8.32. The Labute approximate surface area is 299 Å². The zero-order chi connectivity index (χ0) is 36.0. The molecule has 3 saturated heterocycles. The minimum atomic E-state index is -3.54. The highest BCUT2D eigenvalue weighted by Crippen LogP contribution is 2.35. The quantitative estimate of drug-likeness (QED) is 0.267. The smallest absolute Gasteiger partial charge is 0.326 e. The van der Waals surface area contributed by atoms with Crippen molar-refractivity contribution in [3.63, 3.8) is 0 Å². The fourth-order valence-corrected chi connectivity index (χ4v) is 11.3. The summed E-state index contributed by atoms with van der Waals surface area (Å²) in [6.07, 6.45) is 10.5. The van der Waals surface area contributed by atoms with Crippen LogP contribution in [0.3, 0.4) is 0 Å². The van der Waals surface area contributed by atoms with E-state index in [0.29, 0.717) is 76.3 Å². The second-order valence-electron chi connectivity index (χ2n) is 14.8. The highest BCUT2D eigenvalue weighted by Gasteiger charge is 2.42. The summed E-state index contributed by atoms with van der Waals surface area (Å²) in [5.41, 5.74) is 2.88. The van der Waals surface area contributed by atoms with E-state index in [9.17, 15) is 22.8 Å². The summed E-state index contributed by atoms with van der Waals surface area (Å²) >= 11 is 0. The van der Waals surface area contributed by atoms with Crippen LogP contribution in [0.1, 0.15) is 37.3 Å². The number of carbonyl (C=O) groups is 2. The van der Waals surface area contributed by atoms with Crippen LogP contribution >= 0.6 is 10.0 Å². The Morgan fingerprint density at radius 1 is 0.922 bits per heavy atom. The Balaban J connectivity index is 1.07. The monoisotopic (exact) mass is 740 g/mol. The standard InChI is InChI=1S/C36H48N6O7S2/c1-50(2,3)22-23-51(46,47)41-17-10-27-24-26(8-9-31(27)41)25-30(33(43)39-18-13-36(14-19-39)48-20-21-49-36)38-34(44)40-15-11-28(12-16-40)42-32-7-5-4-6-29(32)37-35(42)45/h4-10,17,24,28,30H,11-16,18-23,25H2,1-3H3,(H,37,45)(H,38,44). The van der Waals surface area contributed by atoms with Crippen molar-refractivity contribution >= 4 is 53.9 Å². The molecule has 0 radical (unpaired) electrons. The fraction of sp³-hybridized carbons (Fsp3) is 0.528. The number of likely N-dealkylation sites (tertiary alicyclic amines) is 2. The number of aromatic amines is 1. The molecule has 51 heavy (non-hydrogen) atoms. The number of imidazole rings is 1. The molecule has 1 unspecified atom stereocenters. The van der Waals surface area contributed by atoms with Crippen LogP contribution in [0.5, 0.6) is 0 Å². The number of piperidine rings is 2. The number of ether oxygens (including phenoxy) is 2. The first kappa shape index (κ1) is 35.6. The van der Waals surface area contributed by atoms with Crippen LogP contribution in [-0.4, -0.2) is 125 Å². The molecule has 2 aromatic carbocycles. The lowest BCUT2D eigenvalue weighted by Gasteiger charge is -2.39. The molecular weight excluding hydrogens is 693 g/mol. The van der Waals surface area contributed by atoms with Crippen molar-refractivity contribution in [3.8, 4) is 0 Å². The molecule has 15 heteroatoms.